The highest BCUT2D eigenvalue weighted by Crippen LogP contribution is 2.29. The molecule has 5 heteroatoms. The van der Waals surface area contributed by atoms with E-state index in [2.05, 4.69) is 9.98 Å². The molecular formula is C12H10N2OS2. The predicted octanol–water partition coefficient (Wildman–Crippen LogP) is 1.73. The molecule has 2 aromatic rings. The zero-order chi connectivity index (χ0) is 11.8. The topological polar surface area (TPSA) is 48.4 Å². The first-order valence-electron chi connectivity index (χ1n) is 5.31. The summed E-state index contributed by atoms with van der Waals surface area (Å²) in [5.41, 5.74) is 1.13. The van der Waals surface area contributed by atoms with Crippen LogP contribution < -0.4 is 10.6 Å². The summed E-state index contributed by atoms with van der Waals surface area (Å²) in [5, 5.41) is 11.9. The summed E-state index contributed by atoms with van der Waals surface area (Å²) in [7, 11) is 0. The molecule has 3 nitrogen and oxygen atoms in total. The Labute approximate surface area is 107 Å². The fourth-order valence-electron chi connectivity index (χ4n) is 2.05. The molecule has 1 aromatic heterocycles. The van der Waals surface area contributed by atoms with Crippen molar-refractivity contribution in [2.75, 3.05) is 6.54 Å². The molecule has 0 fully saturated rings. The minimum atomic E-state index is 0.173. The van der Waals surface area contributed by atoms with E-state index in [0.29, 0.717) is 3.95 Å². The van der Waals surface area contributed by atoms with Crippen LogP contribution in [0.15, 0.2) is 29.3 Å². The van der Waals surface area contributed by atoms with E-state index >= 15 is 0 Å². The van der Waals surface area contributed by atoms with Crippen LogP contribution in [0.1, 0.15) is 11.3 Å². The third-order valence-corrected chi connectivity index (χ3v) is 4.06. The van der Waals surface area contributed by atoms with Crippen molar-refractivity contribution in [3.8, 4) is 5.88 Å². The largest absolute Gasteiger partial charge is 0.494 e. The van der Waals surface area contributed by atoms with Crippen molar-refractivity contribution in [2.45, 2.75) is 6.42 Å². The number of nitrogens with one attached hydrogen (secondary N) is 1. The number of H-pyrrole nitrogens is 1. The molecule has 3 rings (SSSR count). The second kappa shape index (κ2) is 4.09. The summed E-state index contributed by atoms with van der Waals surface area (Å²) in [5.74, 6) is 0.173. The summed E-state index contributed by atoms with van der Waals surface area (Å²) >= 11 is 6.47. The van der Waals surface area contributed by atoms with Crippen LogP contribution in [0.4, 0.5) is 0 Å². The van der Waals surface area contributed by atoms with Crippen LogP contribution in [0.25, 0.3) is 5.57 Å². The maximum Gasteiger partial charge on any atom is 0.208 e. The van der Waals surface area contributed by atoms with Crippen LogP contribution in [0.5, 0.6) is 5.88 Å². The van der Waals surface area contributed by atoms with Gasteiger partial charge in [0.1, 0.15) is 0 Å². The van der Waals surface area contributed by atoms with Gasteiger partial charge in [0.25, 0.3) is 0 Å². The van der Waals surface area contributed by atoms with E-state index in [1.807, 2.05) is 24.3 Å². The number of para-hydroxylation sites is 1. The molecule has 0 aliphatic carbocycles. The number of benzene rings is 1. The Kier molecular flexibility index (Phi) is 2.57. The molecule has 0 spiro atoms. The van der Waals surface area contributed by atoms with Crippen LogP contribution in [-0.4, -0.2) is 16.6 Å². The number of hydrogen-bond donors (Lipinski definition) is 2. The zero-order valence-corrected chi connectivity index (χ0v) is 10.6. The summed E-state index contributed by atoms with van der Waals surface area (Å²) in [6.07, 6.45) is 0.841. The van der Waals surface area contributed by atoms with Crippen molar-refractivity contribution in [2.24, 2.45) is 4.99 Å². The van der Waals surface area contributed by atoms with E-state index in [-0.39, 0.29) is 5.88 Å². The molecule has 0 amide bonds. The van der Waals surface area contributed by atoms with Crippen molar-refractivity contribution in [1.82, 2.24) is 4.98 Å². The lowest BCUT2D eigenvalue weighted by molar-refractivity contribution is 0.455. The van der Waals surface area contributed by atoms with Crippen molar-refractivity contribution < 1.29 is 5.11 Å². The lowest BCUT2D eigenvalue weighted by Gasteiger charge is -2.08. The van der Waals surface area contributed by atoms with Crippen molar-refractivity contribution in [1.29, 1.82) is 0 Å². The van der Waals surface area contributed by atoms with E-state index in [4.69, 9.17) is 12.2 Å². The second-order valence-electron chi connectivity index (χ2n) is 3.82. The Morgan fingerprint density at radius 1 is 1.35 bits per heavy atom. The number of nitrogens with zero attached hydrogens (tertiary/aromatic N) is 1. The Balaban J connectivity index is 2.39. The highest BCUT2D eigenvalue weighted by atomic mass is 32.1. The van der Waals surface area contributed by atoms with Gasteiger partial charge in [-0.3, -0.25) is 4.99 Å². The van der Waals surface area contributed by atoms with Gasteiger partial charge < -0.3 is 10.1 Å². The zero-order valence-electron chi connectivity index (χ0n) is 8.93. The number of aromatic hydroxyl groups is 1. The SMILES string of the molecule is Oc1[nH]c(=S)sc1C1=c2ccccc2=NCC1. The monoisotopic (exact) mass is 262 g/mol. The van der Waals surface area contributed by atoms with E-state index in [1.54, 1.807) is 0 Å². The molecule has 2 N–H and O–H groups in total. The predicted molar refractivity (Wildman–Crippen MR) is 70.4 cm³/mol. The first-order valence-corrected chi connectivity index (χ1v) is 6.53. The average Bonchev–Trinajstić information content (AvgIpc) is 2.68. The van der Waals surface area contributed by atoms with Crippen molar-refractivity contribution in [3.05, 3.63) is 43.7 Å². The lowest BCUT2D eigenvalue weighted by atomic mass is 10.0. The van der Waals surface area contributed by atoms with Gasteiger partial charge in [0, 0.05) is 11.8 Å². The molecule has 0 atom stereocenters. The number of hydrogen-bond acceptors (Lipinski definition) is 4. The minimum Gasteiger partial charge on any atom is -0.494 e. The molecule has 0 saturated heterocycles. The van der Waals surface area contributed by atoms with E-state index in [0.717, 1.165) is 34.0 Å². The number of fused-ring (bicyclic) bond motifs is 1. The van der Waals surface area contributed by atoms with Gasteiger partial charge in [-0.25, -0.2) is 0 Å². The van der Waals surface area contributed by atoms with Crippen molar-refractivity contribution in [3.63, 3.8) is 0 Å². The van der Waals surface area contributed by atoms with Gasteiger partial charge in [-0.05, 0) is 30.3 Å². The lowest BCUT2D eigenvalue weighted by Crippen LogP contribution is -2.30. The normalized spacial score (nSPS) is 14.2. The number of rotatable bonds is 1. The first kappa shape index (κ1) is 10.7. The molecule has 0 unspecified atom stereocenters. The molecule has 1 aliphatic rings. The van der Waals surface area contributed by atoms with E-state index in [9.17, 15) is 5.11 Å². The molecule has 0 radical (unpaired) electrons. The van der Waals surface area contributed by atoms with Crippen LogP contribution >= 0.6 is 23.6 Å². The van der Waals surface area contributed by atoms with Gasteiger partial charge in [-0.1, -0.05) is 18.2 Å². The van der Waals surface area contributed by atoms with Crippen LogP contribution in [0, 0.1) is 3.95 Å². The van der Waals surface area contributed by atoms with Crippen LogP contribution in [0.2, 0.25) is 0 Å². The van der Waals surface area contributed by atoms with Gasteiger partial charge in [0.2, 0.25) is 5.88 Å². The fraction of sp³-hybridized carbons (Fsp3) is 0.167. The molecule has 0 bridgehead atoms. The maximum atomic E-state index is 9.85. The minimum absolute atomic E-state index is 0.173. The molecule has 17 heavy (non-hydrogen) atoms. The van der Waals surface area contributed by atoms with Crippen LogP contribution in [-0.2, 0) is 0 Å². The standard InChI is InChI=1S/C12H10N2OS2/c15-11-10(17-12(16)14-11)8-5-6-13-9-4-2-1-3-7(8)9/h1-4,15H,5-6H2,(H,14,16). The van der Waals surface area contributed by atoms with Gasteiger partial charge in [0.05, 0.1) is 10.2 Å². The Bertz CT molecular complexity index is 742. The maximum absolute atomic E-state index is 9.85. The quantitative estimate of drug-likeness (QED) is 0.769. The number of aromatic nitrogens is 1. The van der Waals surface area contributed by atoms with E-state index < -0.39 is 0 Å². The third kappa shape index (κ3) is 1.81. The summed E-state index contributed by atoms with van der Waals surface area (Å²) in [4.78, 5) is 8.09. The first-order chi connectivity index (χ1) is 8.25. The van der Waals surface area contributed by atoms with Gasteiger partial charge in [-0.15, -0.1) is 11.3 Å². The summed E-state index contributed by atoms with van der Waals surface area (Å²) < 4.78 is 0.602. The van der Waals surface area contributed by atoms with Crippen LogP contribution in [0.3, 0.4) is 0 Å². The Morgan fingerprint density at radius 3 is 2.94 bits per heavy atom. The molecule has 0 saturated carbocycles. The molecule has 2 heterocycles. The highest BCUT2D eigenvalue weighted by molar-refractivity contribution is 7.73. The second-order valence-corrected chi connectivity index (χ2v) is 5.51. The molecule has 1 aliphatic heterocycles. The molecular weight excluding hydrogens is 252 g/mol. The summed E-state index contributed by atoms with van der Waals surface area (Å²) in [6, 6.07) is 8.00. The molecule has 1 aromatic carbocycles. The molecule has 86 valence electrons. The van der Waals surface area contributed by atoms with Gasteiger partial charge >= 0.3 is 0 Å². The fourth-order valence-corrected chi connectivity index (χ4v) is 3.21. The third-order valence-electron chi connectivity index (χ3n) is 2.78. The van der Waals surface area contributed by atoms with E-state index in [1.165, 1.54) is 11.3 Å². The number of thiazole rings is 1. The number of aromatic amines is 1. The van der Waals surface area contributed by atoms with Gasteiger partial charge in [0.15, 0.2) is 3.95 Å². The Morgan fingerprint density at radius 2 is 2.18 bits per heavy atom. The summed E-state index contributed by atoms with van der Waals surface area (Å²) in [6.45, 7) is 0.760. The Hall–Kier alpha value is -1.46. The smallest absolute Gasteiger partial charge is 0.208 e. The van der Waals surface area contributed by atoms with Crippen molar-refractivity contribution >= 4 is 29.1 Å². The van der Waals surface area contributed by atoms with Gasteiger partial charge in [-0.2, -0.15) is 0 Å². The average molecular weight is 262 g/mol. The highest BCUT2D eigenvalue weighted by Gasteiger charge is 2.14.